The molecule has 0 saturated heterocycles. The second-order valence-electron chi connectivity index (χ2n) is 4.15. The normalized spacial score (nSPS) is 10.6. The molecule has 0 aliphatic carbocycles. The van der Waals surface area contributed by atoms with Crippen molar-refractivity contribution in [3.05, 3.63) is 42.5 Å². The smallest absolute Gasteiger partial charge is 0.262 e. The van der Waals surface area contributed by atoms with Crippen LogP contribution in [0.25, 0.3) is 22.8 Å². The molecule has 6 nitrogen and oxygen atoms in total. The molecule has 2 aromatic carbocycles. The maximum atomic E-state index is 9.76. The molecule has 3 rings (SSSR count). The van der Waals surface area contributed by atoms with Gasteiger partial charge >= 0.3 is 0 Å². The molecule has 100 valence electrons. The summed E-state index contributed by atoms with van der Waals surface area (Å²) in [5.74, 6) is -0.136. The summed E-state index contributed by atoms with van der Waals surface area (Å²) in [5.41, 5.74) is 0.823. The molecule has 0 amide bonds. The third-order valence-electron chi connectivity index (χ3n) is 2.78. The van der Waals surface area contributed by atoms with Gasteiger partial charge in [0.1, 0.15) is 5.75 Å². The number of hydrogen-bond donors (Lipinski definition) is 3. The first kappa shape index (κ1) is 12.0. The van der Waals surface area contributed by atoms with Crippen LogP contribution in [-0.2, 0) is 0 Å². The van der Waals surface area contributed by atoms with Crippen LogP contribution >= 0.6 is 0 Å². The Kier molecular flexibility index (Phi) is 2.76. The van der Waals surface area contributed by atoms with Crippen LogP contribution in [0.5, 0.6) is 17.2 Å². The number of rotatable bonds is 2. The summed E-state index contributed by atoms with van der Waals surface area (Å²) >= 11 is 0. The van der Waals surface area contributed by atoms with E-state index in [1.54, 1.807) is 24.3 Å². The zero-order valence-corrected chi connectivity index (χ0v) is 10.2. The van der Waals surface area contributed by atoms with E-state index in [-0.39, 0.29) is 34.5 Å². The fourth-order valence-corrected chi connectivity index (χ4v) is 1.80. The van der Waals surface area contributed by atoms with Crippen molar-refractivity contribution in [1.29, 1.82) is 0 Å². The van der Waals surface area contributed by atoms with E-state index in [1.807, 2.05) is 0 Å². The highest BCUT2D eigenvalue weighted by molar-refractivity contribution is 5.68. The van der Waals surface area contributed by atoms with Gasteiger partial charge in [-0.05, 0) is 24.3 Å². The van der Waals surface area contributed by atoms with E-state index < -0.39 is 0 Å². The van der Waals surface area contributed by atoms with Crippen LogP contribution < -0.4 is 0 Å². The fraction of sp³-hybridized carbons (Fsp3) is 0. The lowest BCUT2D eigenvalue weighted by Gasteiger charge is -2.00. The molecular weight excluding hydrogens is 260 g/mol. The molecule has 0 saturated carbocycles. The quantitative estimate of drug-likeness (QED) is 0.619. The molecule has 3 aromatic rings. The van der Waals surface area contributed by atoms with Crippen molar-refractivity contribution in [1.82, 2.24) is 10.1 Å². The molecule has 0 unspecified atom stereocenters. The van der Waals surface area contributed by atoms with Crippen LogP contribution in [0.15, 0.2) is 47.0 Å². The predicted octanol–water partition coefficient (Wildman–Crippen LogP) is 2.52. The zero-order chi connectivity index (χ0) is 14.1. The van der Waals surface area contributed by atoms with Crippen LogP contribution in [-0.4, -0.2) is 25.5 Å². The molecule has 0 spiro atoms. The van der Waals surface area contributed by atoms with Crippen molar-refractivity contribution < 1.29 is 19.8 Å². The second kappa shape index (κ2) is 4.58. The highest BCUT2D eigenvalue weighted by Gasteiger charge is 2.16. The summed E-state index contributed by atoms with van der Waals surface area (Å²) in [7, 11) is 0. The third-order valence-corrected chi connectivity index (χ3v) is 2.78. The summed E-state index contributed by atoms with van der Waals surface area (Å²) in [5, 5.41) is 32.4. The Balaban J connectivity index is 2.04. The van der Waals surface area contributed by atoms with Gasteiger partial charge in [-0.15, -0.1) is 0 Å². The van der Waals surface area contributed by atoms with Crippen molar-refractivity contribution in [2.75, 3.05) is 0 Å². The van der Waals surface area contributed by atoms with E-state index in [2.05, 4.69) is 10.1 Å². The number of nitrogens with zero attached hydrogens (tertiary/aromatic N) is 2. The van der Waals surface area contributed by atoms with Crippen molar-refractivity contribution in [3.63, 3.8) is 0 Å². The van der Waals surface area contributed by atoms with E-state index in [1.165, 1.54) is 18.2 Å². The first-order chi connectivity index (χ1) is 9.65. The van der Waals surface area contributed by atoms with Crippen molar-refractivity contribution in [3.8, 4) is 40.1 Å². The van der Waals surface area contributed by atoms with E-state index in [0.29, 0.717) is 5.56 Å². The Bertz CT molecular complexity index is 767. The largest absolute Gasteiger partial charge is 0.508 e. The minimum Gasteiger partial charge on any atom is -0.508 e. The Morgan fingerprint density at radius 2 is 1.75 bits per heavy atom. The Labute approximate surface area is 113 Å². The molecule has 0 radical (unpaired) electrons. The molecule has 0 atom stereocenters. The molecule has 1 aromatic heterocycles. The fourth-order valence-electron chi connectivity index (χ4n) is 1.80. The Hall–Kier alpha value is -3.02. The van der Waals surface area contributed by atoms with Crippen LogP contribution in [0.4, 0.5) is 0 Å². The first-order valence-corrected chi connectivity index (χ1v) is 5.79. The van der Waals surface area contributed by atoms with Crippen LogP contribution in [0.2, 0.25) is 0 Å². The number of aromatic nitrogens is 2. The molecule has 0 bridgehead atoms. The summed E-state index contributed by atoms with van der Waals surface area (Å²) in [6.07, 6.45) is 0. The van der Waals surface area contributed by atoms with Crippen molar-refractivity contribution in [2.24, 2.45) is 0 Å². The monoisotopic (exact) mass is 270 g/mol. The van der Waals surface area contributed by atoms with E-state index in [4.69, 9.17) is 4.52 Å². The molecule has 0 aliphatic rings. The average molecular weight is 270 g/mol. The van der Waals surface area contributed by atoms with Crippen molar-refractivity contribution >= 4 is 0 Å². The number of benzene rings is 2. The molecule has 6 heteroatoms. The van der Waals surface area contributed by atoms with Gasteiger partial charge in [0.25, 0.3) is 5.89 Å². The van der Waals surface area contributed by atoms with E-state index in [0.717, 1.165) is 0 Å². The minimum absolute atomic E-state index is 0.0803. The highest BCUT2D eigenvalue weighted by atomic mass is 16.5. The SMILES string of the molecule is Oc1cccc(-c2noc(-c3cccc(O)c3O)n2)c1. The average Bonchev–Trinajstić information content (AvgIpc) is 2.91. The summed E-state index contributed by atoms with van der Waals surface area (Å²) < 4.78 is 5.07. The van der Waals surface area contributed by atoms with Crippen LogP contribution in [0.1, 0.15) is 0 Å². The number of phenols is 3. The lowest BCUT2D eigenvalue weighted by molar-refractivity contribution is 0.397. The topological polar surface area (TPSA) is 99.6 Å². The lowest BCUT2D eigenvalue weighted by Crippen LogP contribution is -1.82. The molecule has 20 heavy (non-hydrogen) atoms. The van der Waals surface area contributed by atoms with E-state index in [9.17, 15) is 15.3 Å². The second-order valence-corrected chi connectivity index (χ2v) is 4.15. The third kappa shape index (κ3) is 2.03. The van der Waals surface area contributed by atoms with Gasteiger partial charge in [0.05, 0.1) is 5.56 Å². The maximum absolute atomic E-state index is 9.76. The van der Waals surface area contributed by atoms with Gasteiger partial charge in [0.15, 0.2) is 11.5 Å². The highest BCUT2D eigenvalue weighted by Crippen LogP contribution is 2.35. The molecule has 0 aliphatic heterocycles. The van der Waals surface area contributed by atoms with E-state index >= 15 is 0 Å². The first-order valence-electron chi connectivity index (χ1n) is 5.79. The van der Waals surface area contributed by atoms with Gasteiger partial charge in [-0.25, -0.2) is 0 Å². The minimum atomic E-state index is -0.321. The Morgan fingerprint density at radius 1 is 0.950 bits per heavy atom. The standard InChI is InChI=1S/C14H10N2O4/c17-9-4-1-3-8(7-9)13-15-14(20-16-13)10-5-2-6-11(18)12(10)19/h1-7,17-19H. The zero-order valence-electron chi connectivity index (χ0n) is 10.2. The van der Waals surface area contributed by atoms with Crippen LogP contribution in [0.3, 0.4) is 0 Å². The molecular formula is C14H10N2O4. The summed E-state index contributed by atoms with van der Waals surface area (Å²) in [6.45, 7) is 0. The van der Waals surface area contributed by atoms with Crippen LogP contribution in [0, 0.1) is 0 Å². The number of para-hydroxylation sites is 1. The number of aromatic hydroxyl groups is 3. The summed E-state index contributed by atoms with van der Waals surface area (Å²) in [6, 6.07) is 10.9. The van der Waals surface area contributed by atoms with Gasteiger partial charge < -0.3 is 19.8 Å². The number of hydrogen-bond acceptors (Lipinski definition) is 6. The predicted molar refractivity (Wildman–Crippen MR) is 70.2 cm³/mol. The van der Waals surface area contributed by atoms with Gasteiger partial charge in [-0.1, -0.05) is 23.4 Å². The molecule has 0 fully saturated rings. The molecule has 3 N–H and O–H groups in total. The molecule has 1 heterocycles. The lowest BCUT2D eigenvalue weighted by atomic mass is 10.2. The maximum Gasteiger partial charge on any atom is 0.262 e. The summed E-state index contributed by atoms with van der Waals surface area (Å²) in [4.78, 5) is 4.13. The number of phenolic OH excluding ortho intramolecular Hbond substituents is 3. The van der Waals surface area contributed by atoms with Gasteiger partial charge in [0.2, 0.25) is 5.82 Å². The van der Waals surface area contributed by atoms with Crippen molar-refractivity contribution in [2.45, 2.75) is 0 Å². The van der Waals surface area contributed by atoms with Gasteiger partial charge in [0, 0.05) is 5.56 Å². The van der Waals surface area contributed by atoms with Gasteiger partial charge in [-0.2, -0.15) is 4.98 Å². The Morgan fingerprint density at radius 3 is 2.55 bits per heavy atom. The van der Waals surface area contributed by atoms with Gasteiger partial charge in [-0.3, -0.25) is 0 Å².